The van der Waals surface area contributed by atoms with E-state index < -0.39 is 0 Å². The summed E-state index contributed by atoms with van der Waals surface area (Å²) in [5.74, 6) is 0.696. The summed E-state index contributed by atoms with van der Waals surface area (Å²) >= 11 is 0. The van der Waals surface area contributed by atoms with Gasteiger partial charge < -0.3 is 4.74 Å². The lowest BCUT2D eigenvalue weighted by atomic mass is 9.93. The largest absolute Gasteiger partial charge is 0.481 e. The highest BCUT2D eigenvalue weighted by Gasteiger charge is 2.36. The van der Waals surface area contributed by atoms with Crippen LogP contribution in [0.3, 0.4) is 0 Å². The maximum atomic E-state index is 5.24. The molecule has 2 unspecified atom stereocenters. The molecule has 4 rings (SSSR count). The Kier molecular flexibility index (Phi) is 4.11. The average Bonchev–Trinajstić information content (AvgIpc) is 2.84. The monoisotopic (exact) mass is 320 g/mol. The Morgan fingerprint density at radius 3 is 2.75 bits per heavy atom. The smallest absolute Gasteiger partial charge is 0.213 e. The molecule has 2 atom stereocenters. The van der Waals surface area contributed by atoms with Gasteiger partial charge in [-0.3, -0.25) is 4.90 Å². The van der Waals surface area contributed by atoms with Crippen LogP contribution in [0.5, 0.6) is 5.88 Å². The number of methoxy groups -OCH3 is 1. The Balaban J connectivity index is 1.58. The number of hydrogen-bond acceptors (Lipinski definition) is 3. The fourth-order valence-electron chi connectivity index (χ4n) is 4.14. The molecule has 2 aliphatic rings. The van der Waals surface area contributed by atoms with Crippen LogP contribution in [0.1, 0.15) is 36.0 Å². The highest BCUT2D eigenvalue weighted by Crippen LogP contribution is 2.40. The maximum Gasteiger partial charge on any atom is 0.213 e. The standard InChI is InChI=1S/C21H24N2O/c1-15-10-21(24-2)22-13-20(15)17-11-18-8-9-19(12-17)23(18)14-16-6-4-3-5-7-16/h3-7,10-11,13,18-19H,8-9,12,14H2,1-2H3. The normalized spacial score (nSPS) is 23.2. The molecule has 3 nitrogen and oxygen atoms in total. The lowest BCUT2D eigenvalue weighted by molar-refractivity contribution is 0.203. The van der Waals surface area contributed by atoms with E-state index in [-0.39, 0.29) is 0 Å². The summed E-state index contributed by atoms with van der Waals surface area (Å²) in [5, 5.41) is 0. The van der Waals surface area contributed by atoms with Crippen LogP contribution < -0.4 is 4.74 Å². The molecule has 3 heteroatoms. The van der Waals surface area contributed by atoms with Crippen LogP contribution in [-0.4, -0.2) is 29.1 Å². The first kappa shape index (κ1) is 15.4. The number of aromatic nitrogens is 1. The van der Waals surface area contributed by atoms with Crippen molar-refractivity contribution in [2.45, 2.75) is 44.8 Å². The van der Waals surface area contributed by atoms with Gasteiger partial charge in [-0.15, -0.1) is 0 Å². The van der Waals surface area contributed by atoms with Crippen molar-refractivity contribution in [3.63, 3.8) is 0 Å². The van der Waals surface area contributed by atoms with Crippen molar-refractivity contribution in [2.75, 3.05) is 7.11 Å². The zero-order valence-corrected chi connectivity index (χ0v) is 14.4. The summed E-state index contributed by atoms with van der Waals surface area (Å²) in [4.78, 5) is 7.09. The van der Waals surface area contributed by atoms with Gasteiger partial charge in [-0.05, 0) is 48.4 Å². The maximum absolute atomic E-state index is 5.24. The van der Waals surface area contributed by atoms with E-state index in [0.717, 1.165) is 13.0 Å². The van der Waals surface area contributed by atoms with Crippen LogP contribution in [0.2, 0.25) is 0 Å². The Bertz CT molecular complexity index is 754. The summed E-state index contributed by atoms with van der Waals surface area (Å²) < 4.78 is 5.24. The van der Waals surface area contributed by atoms with Crippen molar-refractivity contribution in [2.24, 2.45) is 0 Å². The minimum absolute atomic E-state index is 0.556. The quantitative estimate of drug-likeness (QED) is 0.843. The third kappa shape index (κ3) is 2.84. The van der Waals surface area contributed by atoms with Gasteiger partial charge >= 0.3 is 0 Å². The average molecular weight is 320 g/mol. The molecule has 0 amide bonds. The molecular formula is C21H24N2O. The fourth-order valence-corrected chi connectivity index (χ4v) is 4.14. The number of nitrogens with zero attached hydrogens (tertiary/aromatic N) is 2. The number of hydrogen-bond donors (Lipinski definition) is 0. The van der Waals surface area contributed by atoms with Crippen LogP contribution in [0, 0.1) is 6.92 Å². The summed E-state index contributed by atoms with van der Waals surface area (Å²) in [6.45, 7) is 3.21. The Morgan fingerprint density at radius 2 is 2.04 bits per heavy atom. The zero-order valence-electron chi connectivity index (χ0n) is 14.4. The molecule has 0 N–H and O–H groups in total. The topological polar surface area (TPSA) is 25.4 Å². The molecule has 1 aromatic heterocycles. The van der Waals surface area contributed by atoms with Crippen LogP contribution in [0.15, 0.2) is 48.7 Å². The van der Waals surface area contributed by atoms with E-state index >= 15 is 0 Å². The van der Waals surface area contributed by atoms with Crippen molar-refractivity contribution in [3.8, 4) is 5.88 Å². The lowest BCUT2D eigenvalue weighted by Gasteiger charge is -2.34. The van der Waals surface area contributed by atoms with E-state index in [9.17, 15) is 0 Å². The second-order valence-electron chi connectivity index (χ2n) is 6.89. The molecule has 0 spiro atoms. The SMILES string of the molecule is COc1cc(C)c(C2=CC3CCC(C2)N3Cc2ccccc2)cn1. The first-order valence-corrected chi connectivity index (χ1v) is 8.76. The van der Waals surface area contributed by atoms with Crippen LogP contribution >= 0.6 is 0 Å². The minimum atomic E-state index is 0.556. The molecule has 2 bridgehead atoms. The summed E-state index contributed by atoms with van der Waals surface area (Å²) in [7, 11) is 1.67. The van der Waals surface area contributed by atoms with Crippen molar-refractivity contribution in [1.82, 2.24) is 9.88 Å². The van der Waals surface area contributed by atoms with Crippen LogP contribution in [-0.2, 0) is 6.54 Å². The molecule has 124 valence electrons. The molecule has 2 aromatic rings. The molecule has 1 saturated heterocycles. The predicted molar refractivity (Wildman–Crippen MR) is 96.9 cm³/mol. The van der Waals surface area contributed by atoms with Crippen LogP contribution in [0.25, 0.3) is 5.57 Å². The molecule has 1 fully saturated rings. The Labute approximate surface area is 144 Å². The third-order valence-corrected chi connectivity index (χ3v) is 5.39. The van der Waals surface area contributed by atoms with E-state index in [1.165, 1.54) is 35.1 Å². The van der Waals surface area contributed by atoms with Gasteiger partial charge in [0, 0.05) is 30.9 Å². The second kappa shape index (κ2) is 6.40. The highest BCUT2D eigenvalue weighted by atomic mass is 16.5. The van der Waals surface area contributed by atoms with Crippen molar-refractivity contribution in [3.05, 3.63) is 65.4 Å². The first-order valence-electron chi connectivity index (χ1n) is 8.76. The number of aryl methyl sites for hydroxylation is 1. The van der Waals surface area contributed by atoms with Crippen molar-refractivity contribution >= 4 is 5.57 Å². The molecule has 1 aromatic carbocycles. The molecule has 0 saturated carbocycles. The van der Waals surface area contributed by atoms with Gasteiger partial charge in [0.1, 0.15) is 0 Å². The Hall–Kier alpha value is -2.13. The molecule has 24 heavy (non-hydrogen) atoms. The van der Waals surface area contributed by atoms with E-state index in [2.05, 4.69) is 53.2 Å². The summed E-state index contributed by atoms with van der Waals surface area (Å²) in [6.07, 6.45) is 8.14. The van der Waals surface area contributed by atoms with Gasteiger partial charge in [-0.25, -0.2) is 4.98 Å². The van der Waals surface area contributed by atoms with Gasteiger partial charge in [0.25, 0.3) is 0 Å². The van der Waals surface area contributed by atoms with E-state index in [0.29, 0.717) is 18.0 Å². The molecule has 0 aliphatic carbocycles. The van der Waals surface area contributed by atoms with E-state index in [1.807, 2.05) is 12.3 Å². The number of fused-ring (bicyclic) bond motifs is 2. The van der Waals surface area contributed by atoms with Crippen LogP contribution in [0.4, 0.5) is 0 Å². The minimum Gasteiger partial charge on any atom is -0.481 e. The van der Waals surface area contributed by atoms with Gasteiger partial charge in [0.2, 0.25) is 5.88 Å². The summed E-state index contributed by atoms with van der Waals surface area (Å²) in [5.41, 5.74) is 5.41. The lowest BCUT2D eigenvalue weighted by Crippen LogP contribution is -2.37. The number of ether oxygens (including phenoxy) is 1. The first-order chi connectivity index (χ1) is 11.7. The molecule has 3 heterocycles. The second-order valence-corrected chi connectivity index (χ2v) is 6.89. The molecule has 0 radical (unpaired) electrons. The van der Waals surface area contributed by atoms with Gasteiger partial charge in [0.05, 0.1) is 7.11 Å². The van der Waals surface area contributed by atoms with Crippen molar-refractivity contribution < 1.29 is 4.74 Å². The van der Waals surface area contributed by atoms with Gasteiger partial charge in [-0.2, -0.15) is 0 Å². The van der Waals surface area contributed by atoms with Gasteiger partial charge in [0.15, 0.2) is 0 Å². The summed E-state index contributed by atoms with van der Waals surface area (Å²) in [6, 6.07) is 14.1. The Morgan fingerprint density at radius 1 is 1.21 bits per heavy atom. The molecular weight excluding hydrogens is 296 g/mol. The third-order valence-electron chi connectivity index (χ3n) is 5.39. The van der Waals surface area contributed by atoms with E-state index in [1.54, 1.807) is 7.11 Å². The van der Waals surface area contributed by atoms with Gasteiger partial charge in [-0.1, -0.05) is 36.4 Å². The number of pyridine rings is 1. The fraction of sp³-hybridized carbons (Fsp3) is 0.381. The number of benzene rings is 1. The predicted octanol–water partition coefficient (Wildman–Crippen LogP) is 4.22. The number of rotatable bonds is 4. The molecule has 2 aliphatic heterocycles. The van der Waals surface area contributed by atoms with Crippen molar-refractivity contribution in [1.29, 1.82) is 0 Å². The van der Waals surface area contributed by atoms with E-state index in [4.69, 9.17) is 4.74 Å². The highest BCUT2D eigenvalue weighted by molar-refractivity contribution is 5.70. The zero-order chi connectivity index (χ0) is 16.5.